The molecular formula is C6H9BF3-. The van der Waals surface area contributed by atoms with Crippen LogP contribution in [0.15, 0.2) is 0 Å². The molecule has 58 valence electrons. The zero-order valence-corrected chi connectivity index (χ0v) is 5.62. The molecule has 4 heteroatoms. The fraction of sp³-hybridized carbons (Fsp3) is 1.00. The molecule has 0 radical (unpaired) electrons. The van der Waals surface area contributed by atoms with Gasteiger partial charge in [-0.25, -0.2) is 0 Å². The Bertz CT molecular complexity index is 151. The summed E-state index contributed by atoms with van der Waals surface area (Å²) in [5.41, 5.74) is 0. The summed E-state index contributed by atoms with van der Waals surface area (Å²) in [6, 6.07) is 0. The maximum Gasteiger partial charge on any atom is 0.484 e. The van der Waals surface area contributed by atoms with E-state index < -0.39 is 12.3 Å². The molecule has 0 atom stereocenters. The predicted molar refractivity (Wildman–Crippen MR) is 33.7 cm³/mol. The predicted octanol–water partition coefficient (Wildman–Crippen LogP) is 2.78. The molecule has 3 aliphatic carbocycles. The monoisotopic (exact) mass is 149 g/mol. The summed E-state index contributed by atoms with van der Waals surface area (Å²) in [7, 11) is 0. The van der Waals surface area contributed by atoms with Gasteiger partial charge in [-0.2, -0.15) is 0 Å². The first-order valence-corrected chi connectivity index (χ1v) is 3.73. The van der Waals surface area contributed by atoms with Crippen LogP contribution in [0.4, 0.5) is 12.9 Å². The quantitative estimate of drug-likeness (QED) is 0.502. The summed E-state index contributed by atoms with van der Waals surface area (Å²) in [4.78, 5) is 0. The Kier molecular flexibility index (Phi) is 1.01. The standard InChI is InChI=1S/C6H9BF3/c8-7(9,10)6-2-1-5(3-6)4-6/h5H,1-4H2/q-1. The number of hydrogen-bond donors (Lipinski definition) is 0. The van der Waals surface area contributed by atoms with E-state index in [1.165, 1.54) is 0 Å². The molecule has 0 N–H and O–H groups in total. The minimum Gasteiger partial charge on any atom is -0.449 e. The van der Waals surface area contributed by atoms with Crippen molar-refractivity contribution in [2.24, 2.45) is 5.92 Å². The first kappa shape index (κ1) is 6.56. The van der Waals surface area contributed by atoms with Gasteiger partial charge in [0.1, 0.15) is 0 Å². The van der Waals surface area contributed by atoms with Gasteiger partial charge in [0.2, 0.25) is 0 Å². The number of halogens is 3. The van der Waals surface area contributed by atoms with Crippen molar-refractivity contribution in [3.05, 3.63) is 0 Å². The van der Waals surface area contributed by atoms with Crippen molar-refractivity contribution in [2.45, 2.75) is 31.0 Å². The van der Waals surface area contributed by atoms with Gasteiger partial charge < -0.3 is 12.9 Å². The maximum absolute atomic E-state index is 12.2. The molecule has 3 aliphatic rings. The Morgan fingerprint density at radius 3 is 2.00 bits per heavy atom. The topological polar surface area (TPSA) is 0 Å². The second-order valence-electron chi connectivity index (χ2n) is 3.75. The fourth-order valence-electron chi connectivity index (χ4n) is 2.42. The zero-order valence-electron chi connectivity index (χ0n) is 5.62. The van der Waals surface area contributed by atoms with Crippen LogP contribution in [0, 0.1) is 5.92 Å². The van der Waals surface area contributed by atoms with E-state index >= 15 is 0 Å². The van der Waals surface area contributed by atoms with Crippen LogP contribution in [-0.2, 0) is 0 Å². The van der Waals surface area contributed by atoms with Crippen molar-refractivity contribution < 1.29 is 12.9 Å². The lowest BCUT2D eigenvalue weighted by Gasteiger charge is -2.46. The first-order valence-electron chi connectivity index (χ1n) is 3.73. The Morgan fingerprint density at radius 1 is 1.20 bits per heavy atom. The minimum absolute atomic E-state index is 0.418. The zero-order chi connectivity index (χ0) is 7.41. The van der Waals surface area contributed by atoms with Gasteiger partial charge in [0.25, 0.3) is 0 Å². The van der Waals surface area contributed by atoms with Gasteiger partial charge in [0.15, 0.2) is 0 Å². The van der Waals surface area contributed by atoms with Crippen LogP contribution in [0.25, 0.3) is 0 Å². The van der Waals surface area contributed by atoms with Crippen LogP contribution >= 0.6 is 0 Å². The third-order valence-electron chi connectivity index (χ3n) is 3.14. The highest BCUT2D eigenvalue weighted by Gasteiger charge is 2.60. The van der Waals surface area contributed by atoms with E-state index in [0.29, 0.717) is 25.2 Å². The highest BCUT2D eigenvalue weighted by atomic mass is 19.4. The van der Waals surface area contributed by atoms with E-state index in [2.05, 4.69) is 0 Å². The van der Waals surface area contributed by atoms with E-state index in [0.717, 1.165) is 6.42 Å². The Balaban J connectivity index is 2.18. The molecule has 2 bridgehead atoms. The Labute approximate surface area is 57.9 Å². The first-order chi connectivity index (χ1) is 4.54. The highest BCUT2D eigenvalue weighted by Crippen LogP contribution is 2.69. The molecule has 0 aliphatic heterocycles. The summed E-state index contributed by atoms with van der Waals surface area (Å²) in [6.45, 7) is -4.53. The molecule has 0 spiro atoms. The molecule has 3 saturated carbocycles. The smallest absolute Gasteiger partial charge is 0.449 e. The fourth-order valence-corrected chi connectivity index (χ4v) is 2.42. The van der Waals surface area contributed by atoms with Crippen molar-refractivity contribution in [2.75, 3.05) is 0 Å². The van der Waals surface area contributed by atoms with Crippen molar-refractivity contribution in [1.82, 2.24) is 0 Å². The van der Waals surface area contributed by atoms with Crippen LogP contribution in [0.5, 0.6) is 0 Å². The normalized spacial score (nSPS) is 45.3. The van der Waals surface area contributed by atoms with Crippen LogP contribution in [0.2, 0.25) is 5.31 Å². The van der Waals surface area contributed by atoms with E-state index in [1.54, 1.807) is 0 Å². The molecule has 0 unspecified atom stereocenters. The second kappa shape index (κ2) is 1.54. The van der Waals surface area contributed by atoms with Crippen molar-refractivity contribution in [3.63, 3.8) is 0 Å². The van der Waals surface area contributed by atoms with Crippen molar-refractivity contribution in [3.8, 4) is 0 Å². The summed E-state index contributed by atoms with van der Waals surface area (Å²) in [5, 5.41) is -1.16. The summed E-state index contributed by atoms with van der Waals surface area (Å²) in [6.07, 6.45) is 2.12. The number of rotatable bonds is 1. The van der Waals surface area contributed by atoms with E-state index in [4.69, 9.17) is 0 Å². The SMILES string of the molecule is F[B-](F)(F)C12CCC(C1)C2. The van der Waals surface area contributed by atoms with Crippen LogP contribution < -0.4 is 0 Å². The lowest BCUT2D eigenvalue weighted by atomic mass is 9.48. The Hall–Kier alpha value is -0.145. The summed E-state index contributed by atoms with van der Waals surface area (Å²) >= 11 is 0. The van der Waals surface area contributed by atoms with E-state index in [1.807, 2.05) is 0 Å². The van der Waals surface area contributed by atoms with Crippen molar-refractivity contribution in [1.29, 1.82) is 0 Å². The largest absolute Gasteiger partial charge is 0.484 e. The third-order valence-corrected chi connectivity index (χ3v) is 3.14. The molecule has 0 aromatic heterocycles. The van der Waals surface area contributed by atoms with Crippen LogP contribution in [0.1, 0.15) is 25.7 Å². The Morgan fingerprint density at radius 2 is 1.80 bits per heavy atom. The number of fused-ring (bicyclic) bond motifs is 1. The van der Waals surface area contributed by atoms with Gasteiger partial charge >= 0.3 is 6.98 Å². The molecule has 0 amide bonds. The molecule has 0 saturated heterocycles. The molecule has 0 aromatic rings. The lowest BCUT2D eigenvalue weighted by molar-refractivity contribution is 0.240. The molecule has 0 heterocycles. The van der Waals surface area contributed by atoms with Gasteiger partial charge in [-0.05, 0) is 5.92 Å². The summed E-state index contributed by atoms with van der Waals surface area (Å²) < 4.78 is 36.7. The van der Waals surface area contributed by atoms with Gasteiger partial charge in [-0.15, -0.1) is 0 Å². The third kappa shape index (κ3) is 0.597. The van der Waals surface area contributed by atoms with Gasteiger partial charge in [0.05, 0.1) is 0 Å². The maximum atomic E-state index is 12.2. The molecule has 3 rings (SSSR count). The summed E-state index contributed by atoms with van der Waals surface area (Å²) in [5.74, 6) is 0.420. The molecule has 0 nitrogen and oxygen atoms in total. The van der Waals surface area contributed by atoms with E-state index in [9.17, 15) is 12.9 Å². The lowest BCUT2D eigenvalue weighted by Crippen LogP contribution is -2.40. The average Bonchev–Trinajstić information content (AvgIpc) is 2.08. The van der Waals surface area contributed by atoms with Crippen LogP contribution in [-0.4, -0.2) is 6.98 Å². The van der Waals surface area contributed by atoms with Crippen LogP contribution in [0.3, 0.4) is 0 Å². The van der Waals surface area contributed by atoms with E-state index in [-0.39, 0.29) is 0 Å². The number of hydrogen-bond acceptors (Lipinski definition) is 0. The second-order valence-corrected chi connectivity index (χ2v) is 3.75. The molecule has 0 aromatic carbocycles. The minimum atomic E-state index is -4.53. The average molecular weight is 149 g/mol. The van der Waals surface area contributed by atoms with Gasteiger partial charge in [-0.1, -0.05) is 31.0 Å². The molecule has 10 heavy (non-hydrogen) atoms. The van der Waals surface area contributed by atoms with Gasteiger partial charge in [0, 0.05) is 0 Å². The highest BCUT2D eigenvalue weighted by molar-refractivity contribution is 6.62. The van der Waals surface area contributed by atoms with Gasteiger partial charge in [-0.3, -0.25) is 0 Å². The molecular weight excluding hydrogens is 140 g/mol. The van der Waals surface area contributed by atoms with Crippen molar-refractivity contribution >= 4 is 6.98 Å². The molecule has 3 fully saturated rings.